The highest BCUT2D eigenvalue weighted by atomic mass is 79.9. The van der Waals surface area contributed by atoms with Crippen molar-refractivity contribution in [2.45, 2.75) is 31.4 Å². The molecule has 0 atom stereocenters. The molecule has 0 spiro atoms. The Bertz CT molecular complexity index is 759. The minimum atomic E-state index is -3.85. The molecule has 1 heterocycles. The number of halogens is 5. The fraction of sp³-hybridized carbons (Fsp3) is 0.429. The molecule has 0 saturated heterocycles. The average Bonchev–Trinajstić information content (AvgIpc) is 2.49. The Hall–Kier alpha value is -1.09. The van der Waals surface area contributed by atoms with Crippen molar-refractivity contribution in [3.05, 3.63) is 28.4 Å². The molecule has 2 N–H and O–H groups in total. The van der Waals surface area contributed by atoms with Gasteiger partial charge in [0, 0.05) is 28.0 Å². The lowest BCUT2D eigenvalue weighted by Crippen LogP contribution is -2.12. The predicted octanol–water partition coefficient (Wildman–Crippen LogP) is 4.55. The maximum Gasteiger partial charge on any atom is 0.340 e. The number of ether oxygens (including phenoxy) is 1. The fourth-order valence-electron chi connectivity index (χ4n) is 1.99. The molecule has 2 rings (SSSR count). The number of hydrogen-bond donors (Lipinski definition) is 2. The summed E-state index contributed by atoms with van der Waals surface area (Å²) in [4.78, 5) is 25.7. The Balaban J connectivity index is 2.22. The van der Waals surface area contributed by atoms with Gasteiger partial charge in [0.2, 0.25) is 14.3 Å². The maximum atomic E-state index is 13.9. The lowest BCUT2D eigenvalue weighted by Gasteiger charge is -2.19. The molecule has 0 unspecified atom stereocenters. The van der Waals surface area contributed by atoms with Crippen LogP contribution in [0, 0.1) is 0 Å². The van der Waals surface area contributed by atoms with E-state index in [4.69, 9.17) is 14.5 Å². The molecular weight excluding hydrogens is 431 g/mol. The van der Waals surface area contributed by atoms with Crippen LogP contribution < -0.4 is 4.74 Å². The summed E-state index contributed by atoms with van der Waals surface area (Å²) >= 11 is 2.96. The van der Waals surface area contributed by atoms with Crippen molar-refractivity contribution in [1.82, 2.24) is 9.97 Å². The number of alkyl halides is 4. The van der Waals surface area contributed by atoms with Crippen LogP contribution in [-0.2, 0) is 5.66 Å². The standard InChI is InChI=1S/C14H14BrF4N2O3P/c1-13(16,17)3-2-4-24-12-20-7-8-5-10(15)9(6-11(8)21-12)14(18,19)25(22)23/h5-7,22-23H,2-4H2,1H3. The Morgan fingerprint density at radius 2 is 1.92 bits per heavy atom. The third-order valence-electron chi connectivity index (χ3n) is 3.21. The molecule has 11 heteroatoms. The largest absolute Gasteiger partial charge is 0.463 e. The summed E-state index contributed by atoms with van der Waals surface area (Å²) in [5.74, 6) is -2.80. The summed E-state index contributed by atoms with van der Waals surface area (Å²) in [5, 5.41) is 0.416. The van der Waals surface area contributed by atoms with E-state index < -0.39 is 25.5 Å². The van der Waals surface area contributed by atoms with E-state index in [2.05, 4.69) is 25.9 Å². The second-order valence-corrected chi connectivity index (χ2v) is 7.39. The van der Waals surface area contributed by atoms with Crippen molar-refractivity contribution in [3.63, 3.8) is 0 Å². The van der Waals surface area contributed by atoms with Crippen molar-refractivity contribution in [1.29, 1.82) is 0 Å². The molecule has 0 bridgehead atoms. The molecule has 25 heavy (non-hydrogen) atoms. The minimum absolute atomic E-state index is 0.0250. The molecule has 0 aliphatic heterocycles. The van der Waals surface area contributed by atoms with Crippen LogP contribution in [0.3, 0.4) is 0 Å². The highest BCUT2D eigenvalue weighted by molar-refractivity contribution is 9.10. The third-order valence-corrected chi connectivity index (χ3v) is 4.61. The van der Waals surface area contributed by atoms with Crippen molar-refractivity contribution < 1.29 is 32.1 Å². The highest BCUT2D eigenvalue weighted by Crippen LogP contribution is 2.54. The summed E-state index contributed by atoms with van der Waals surface area (Å²) in [6.45, 7) is 0.753. The van der Waals surface area contributed by atoms with E-state index in [0.29, 0.717) is 5.39 Å². The van der Waals surface area contributed by atoms with Gasteiger partial charge in [0.05, 0.1) is 12.1 Å². The van der Waals surface area contributed by atoms with Crippen LogP contribution in [0.25, 0.3) is 10.9 Å². The Morgan fingerprint density at radius 1 is 1.24 bits per heavy atom. The quantitative estimate of drug-likeness (QED) is 0.372. The summed E-state index contributed by atoms with van der Waals surface area (Å²) in [7, 11) is -3.53. The molecule has 5 nitrogen and oxygen atoms in total. The van der Waals surface area contributed by atoms with Gasteiger partial charge in [-0.3, -0.25) is 0 Å². The van der Waals surface area contributed by atoms with Crippen LogP contribution in [-0.4, -0.2) is 32.3 Å². The molecule has 0 aliphatic rings. The zero-order chi connectivity index (χ0) is 18.8. The Morgan fingerprint density at radius 3 is 2.52 bits per heavy atom. The van der Waals surface area contributed by atoms with E-state index in [0.717, 1.165) is 13.0 Å². The zero-order valence-corrected chi connectivity index (χ0v) is 15.4. The number of nitrogens with zero attached hydrogens (tertiary/aromatic N) is 2. The summed E-state index contributed by atoms with van der Waals surface area (Å²) in [6.07, 6.45) is 1.05. The van der Waals surface area contributed by atoms with Crippen molar-refractivity contribution in [3.8, 4) is 6.01 Å². The molecular formula is C14H14BrF4N2O3P. The average molecular weight is 445 g/mol. The van der Waals surface area contributed by atoms with Gasteiger partial charge in [0.1, 0.15) is 0 Å². The molecule has 1 aromatic heterocycles. The van der Waals surface area contributed by atoms with Crippen molar-refractivity contribution in [2.75, 3.05) is 6.61 Å². The molecule has 0 radical (unpaired) electrons. The number of fused-ring (bicyclic) bond motifs is 1. The molecule has 2 aromatic rings. The van der Waals surface area contributed by atoms with Gasteiger partial charge in [-0.05, 0) is 25.5 Å². The van der Waals surface area contributed by atoms with Gasteiger partial charge in [0.15, 0.2) is 0 Å². The first-order valence-electron chi connectivity index (χ1n) is 7.04. The fourth-order valence-corrected chi connectivity index (χ4v) is 3.15. The molecule has 0 fully saturated rings. The van der Waals surface area contributed by atoms with Crippen molar-refractivity contribution in [2.24, 2.45) is 0 Å². The first kappa shape index (κ1) is 20.2. The van der Waals surface area contributed by atoms with E-state index in [-0.39, 0.29) is 35.4 Å². The van der Waals surface area contributed by atoms with E-state index in [1.165, 1.54) is 12.3 Å². The number of rotatable bonds is 7. The Kier molecular flexibility index (Phi) is 6.19. The summed E-state index contributed by atoms with van der Waals surface area (Å²) in [5.41, 5.74) is -4.38. The SMILES string of the molecule is CC(F)(F)CCCOc1ncc2cc(Br)c(C(F)(F)P(O)O)cc2n1. The Labute approximate surface area is 150 Å². The highest BCUT2D eigenvalue weighted by Gasteiger charge is 2.42. The van der Waals surface area contributed by atoms with Gasteiger partial charge in [-0.1, -0.05) is 15.9 Å². The smallest absolute Gasteiger partial charge is 0.340 e. The van der Waals surface area contributed by atoms with E-state index in [1.807, 2.05) is 0 Å². The van der Waals surface area contributed by atoms with Crippen LogP contribution in [0.5, 0.6) is 6.01 Å². The number of benzene rings is 1. The predicted molar refractivity (Wildman–Crippen MR) is 87.8 cm³/mol. The van der Waals surface area contributed by atoms with Gasteiger partial charge < -0.3 is 14.5 Å². The third kappa shape index (κ3) is 5.20. The van der Waals surface area contributed by atoms with Gasteiger partial charge in [-0.25, -0.2) is 13.8 Å². The first-order valence-corrected chi connectivity index (χ1v) is 9.08. The first-order chi connectivity index (χ1) is 11.5. The topological polar surface area (TPSA) is 75.5 Å². The van der Waals surface area contributed by atoms with Crippen molar-refractivity contribution >= 4 is 35.2 Å². The van der Waals surface area contributed by atoms with E-state index in [9.17, 15) is 17.6 Å². The molecule has 0 aliphatic carbocycles. The van der Waals surface area contributed by atoms with Crippen LogP contribution >= 0.6 is 24.3 Å². The van der Waals surface area contributed by atoms with E-state index >= 15 is 0 Å². The second-order valence-electron chi connectivity index (χ2n) is 5.40. The zero-order valence-electron chi connectivity index (χ0n) is 12.9. The van der Waals surface area contributed by atoms with Crippen LogP contribution in [0.2, 0.25) is 0 Å². The van der Waals surface area contributed by atoms with Crippen LogP contribution in [0.4, 0.5) is 17.6 Å². The van der Waals surface area contributed by atoms with Gasteiger partial charge >= 0.3 is 11.7 Å². The second kappa shape index (κ2) is 7.65. The van der Waals surface area contributed by atoms with Gasteiger partial charge in [-0.15, -0.1) is 0 Å². The minimum Gasteiger partial charge on any atom is -0.463 e. The molecule has 1 aromatic carbocycles. The van der Waals surface area contributed by atoms with Crippen LogP contribution in [0.1, 0.15) is 25.3 Å². The number of aromatic nitrogens is 2. The molecule has 0 saturated carbocycles. The number of hydrogen-bond acceptors (Lipinski definition) is 5. The van der Waals surface area contributed by atoms with Gasteiger partial charge in [-0.2, -0.15) is 13.8 Å². The molecule has 138 valence electrons. The van der Waals surface area contributed by atoms with Crippen LogP contribution in [0.15, 0.2) is 22.8 Å². The molecule has 0 amide bonds. The maximum absolute atomic E-state index is 13.9. The lowest BCUT2D eigenvalue weighted by atomic mass is 10.1. The summed E-state index contributed by atoms with van der Waals surface area (Å²) in [6, 6.07) is 2.17. The van der Waals surface area contributed by atoms with E-state index in [1.54, 1.807) is 0 Å². The normalized spacial score (nSPS) is 12.8. The summed E-state index contributed by atoms with van der Waals surface area (Å²) < 4.78 is 58.3. The lowest BCUT2D eigenvalue weighted by molar-refractivity contribution is 0.00741. The monoisotopic (exact) mass is 444 g/mol. The van der Waals surface area contributed by atoms with Gasteiger partial charge in [0.25, 0.3) is 0 Å².